The van der Waals surface area contributed by atoms with E-state index >= 15 is 0 Å². The Labute approximate surface area is 153 Å². The van der Waals surface area contributed by atoms with E-state index in [-0.39, 0.29) is 22.3 Å². The Bertz CT molecular complexity index is 895. The Kier molecular flexibility index (Phi) is 6.33. The molecular weight excluding hydrogens is 354 g/mol. The number of hydrogen-bond acceptors (Lipinski definition) is 5. The van der Waals surface area contributed by atoms with E-state index in [1.165, 1.54) is 12.1 Å². The van der Waals surface area contributed by atoms with E-state index in [1.807, 2.05) is 24.3 Å². The molecule has 0 aliphatic rings. The minimum absolute atomic E-state index is 0.136. The van der Waals surface area contributed by atoms with Crippen molar-refractivity contribution in [1.29, 1.82) is 0 Å². The van der Waals surface area contributed by atoms with Crippen molar-refractivity contribution in [2.45, 2.75) is 44.6 Å². The number of nitro benzene ring substituents is 1. The summed E-state index contributed by atoms with van der Waals surface area (Å²) in [5.41, 5.74) is 1.79. The Hall–Kier alpha value is -2.45. The average molecular weight is 377 g/mol. The van der Waals surface area contributed by atoms with Crippen LogP contribution in [0.25, 0.3) is 0 Å². The van der Waals surface area contributed by atoms with Crippen LogP contribution in [0.3, 0.4) is 0 Å². The van der Waals surface area contributed by atoms with Crippen LogP contribution >= 0.6 is 0 Å². The Morgan fingerprint density at radius 1 is 1.15 bits per heavy atom. The first kappa shape index (κ1) is 19.9. The zero-order chi connectivity index (χ0) is 19.3. The van der Waals surface area contributed by atoms with Crippen LogP contribution in [0.1, 0.15) is 32.8 Å². The lowest BCUT2D eigenvalue weighted by atomic mass is 10.1. The van der Waals surface area contributed by atoms with E-state index < -0.39 is 14.9 Å². The van der Waals surface area contributed by atoms with E-state index in [0.717, 1.165) is 30.2 Å². The van der Waals surface area contributed by atoms with Crippen molar-refractivity contribution in [2.24, 2.45) is 0 Å². The fraction of sp³-hybridized carbons (Fsp3) is 0.333. The van der Waals surface area contributed by atoms with Gasteiger partial charge in [-0.3, -0.25) is 10.1 Å². The standard InChI is InChI=1S/C18H23N3O4S/c1-4-6-14-7-5-8-15(11-14)19-17-10-9-16(12-18(17)21(22)23)26(24,25)20-13(2)3/h5,7-13,19-20H,4,6H2,1-3H3. The summed E-state index contributed by atoms with van der Waals surface area (Å²) < 4.78 is 26.9. The summed E-state index contributed by atoms with van der Waals surface area (Å²) in [6, 6.07) is 11.2. The summed E-state index contributed by atoms with van der Waals surface area (Å²) in [5.74, 6) is 0. The van der Waals surface area contributed by atoms with Crippen LogP contribution < -0.4 is 10.0 Å². The maximum Gasteiger partial charge on any atom is 0.294 e. The van der Waals surface area contributed by atoms with Crippen molar-refractivity contribution < 1.29 is 13.3 Å². The molecule has 2 rings (SSSR count). The number of nitro groups is 1. The molecule has 0 amide bonds. The van der Waals surface area contributed by atoms with Gasteiger partial charge >= 0.3 is 0 Å². The van der Waals surface area contributed by atoms with Crippen molar-refractivity contribution in [3.8, 4) is 0 Å². The van der Waals surface area contributed by atoms with Gasteiger partial charge in [-0.1, -0.05) is 25.5 Å². The van der Waals surface area contributed by atoms with Gasteiger partial charge in [-0.15, -0.1) is 0 Å². The molecule has 8 heteroatoms. The molecule has 2 aromatic rings. The van der Waals surface area contributed by atoms with Crippen LogP contribution in [0.5, 0.6) is 0 Å². The fourth-order valence-electron chi connectivity index (χ4n) is 2.56. The van der Waals surface area contributed by atoms with Gasteiger partial charge in [0, 0.05) is 17.8 Å². The number of aryl methyl sites for hydroxylation is 1. The first-order valence-electron chi connectivity index (χ1n) is 8.39. The first-order chi connectivity index (χ1) is 12.2. The van der Waals surface area contributed by atoms with Crippen LogP contribution in [0.2, 0.25) is 0 Å². The second-order valence-electron chi connectivity index (χ2n) is 6.29. The Morgan fingerprint density at radius 2 is 1.88 bits per heavy atom. The summed E-state index contributed by atoms with van der Waals surface area (Å²) in [6.45, 7) is 5.45. The predicted octanol–water partition coefficient (Wildman–Crippen LogP) is 3.98. The molecule has 0 aliphatic heterocycles. The second-order valence-corrected chi connectivity index (χ2v) is 8.00. The summed E-state index contributed by atoms with van der Waals surface area (Å²) in [6.07, 6.45) is 1.91. The third-order valence-corrected chi connectivity index (χ3v) is 5.27. The second kappa shape index (κ2) is 8.29. The third kappa shape index (κ3) is 5.03. The highest BCUT2D eigenvalue weighted by Crippen LogP contribution is 2.30. The molecule has 2 aromatic carbocycles. The molecule has 26 heavy (non-hydrogen) atoms. The van der Waals surface area contributed by atoms with Gasteiger partial charge in [0.2, 0.25) is 10.0 Å². The number of hydrogen-bond donors (Lipinski definition) is 2. The lowest BCUT2D eigenvalue weighted by molar-refractivity contribution is -0.384. The van der Waals surface area contributed by atoms with Gasteiger partial charge in [0.15, 0.2) is 0 Å². The fourth-order valence-corrected chi connectivity index (χ4v) is 3.83. The van der Waals surface area contributed by atoms with Gasteiger partial charge in [0.05, 0.1) is 9.82 Å². The lowest BCUT2D eigenvalue weighted by Crippen LogP contribution is -2.30. The summed E-state index contributed by atoms with van der Waals surface area (Å²) in [4.78, 5) is 10.7. The smallest absolute Gasteiger partial charge is 0.294 e. The molecule has 140 valence electrons. The number of anilines is 2. The van der Waals surface area contributed by atoms with Gasteiger partial charge in [-0.05, 0) is 50.1 Å². The van der Waals surface area contributed by atoms with E-state index in [4.69, 9.17) is 0 Å². The highest BCUT2D eigenvalue weighted by molar-refractivity contribution is 7.89. The van der Waals surface area contributed by atoms with E-state index in [2.05, 4.69) is 17.0 Å². The minimum Gasteiger partial charge on any atom is -0.350 e. The zero-order valence-corrected chi connectivity index (χ0v) is 15.8. The third-order valence-electron chi connectivity index (χ3n) is 3.61. The monoisotopic (exact) mass is 377 g/mol. The van der Waals surface area contributed by atoms with E-state index in [9.17, 15) is 18.5 Å². The molecule has 0 saturated carbocycles. The lowest BCUT2D eigenvalue weighted by Gasteiger charge is -2.12. The molecule has 0 bridgehead atoms. The molecule has 0 fully saturated rings. The number of benzene rings is 2. The van der Waals surface area contributed by atoms with Gasteiger partial charge < -0.3 is 5.32 Å². The van der Waals surface area contributed by atoms with Crippen LogP contribution in [0.4, 0.5) is 17.1 Å². The molecule has 0 spiro atoms. The maximum absolute atomic E-state index is 12.2. The molecule has 0 heterocycles. The molecule has 0 atom stereocenters. The minimum atomic E-state index is -3.80. The number of nitrogens with zero attached hydrogens (tertiary/aromatic N) is 1. The largest absolute Gasteiger partial charge is 0.350 e. The first-order valence-corrected chi connectivity index (χ1v) is 9.88. The van der Waals surface area contributed by atoms with Crippen LogP contribution in [0, 0.1) is 10.1 Å². The molecule has 0 unspecified atom stereocenters. The quantitative estimate of drug-likeness (QED) is 0.535. The number of sulfonamides is 1. The average Bonchev–Trinajstić information content (AvgIpc) is 2.54. The molecular formula is C18H23N3O4S. The number of rotatable bonds is 8. The molecule has 7 nitrogen and oxygen atoms in total. The Morgan fingerprint density at radius 3 is 2.50 bits per heavy atom. The van der Waals surface area contributed by atoms with Crippen molar-refractivity contribution in [2.75, 3.05) is 5.32 Å². The highest BCUT2D eigenvalue weighted by atomic mass is 32.2. The van der Waals surface area contributed by atoms with E-state index in [1.54, 1.807) is 13.8 Å². The molecule has 2 N–H and O–H groups in total. The molecule has 0 aromatic heterocycles. The highest BCUT2D eigenvalue weighted by Gasteiger charge is 2.22. The van der Waals surface area contributed by atoms with Gasteiger partial charge in [0.1, 0.15) is 5.69 Å². The molecule has 0 saturated heterocycles. The molecule has 0 aliphatic carbocycles. The van der Waals surface area contributed by atoms with Crippen LogP contribution in [-0.2, 0) is 16.4 Å². The van der Waals surface area contributed by atoms with Crippen molar-refractivity contribution in [1.82, 2.24) is 4.72 Å². The topological polar surface area (TPSA) is 101 Å². The summed E-state index contributed by atoms with van der Waals surface area (Å²) in [5, 5.41) is 14.4. The predicted molar refractivity (Wildman–Crippen MR) is 102 cm³/mol. The van der Waals surface area contributed by atoms with Gasteiger partial charge in [0.25, 0.3) is 5.69 Å². The zero-order valence-electron chi connectivity index (χ0n) is 15.0. The van der Waals surface area contributed by atoms with Crippen molar-refractivity contribution in [3.05, 3.63) is 58.1 Å². The van der Waals surface area contributed by atoms with Gasteiger partial charge in [-0.25, -0.2) is 13.1 Å². The molecule has 0 radical (unpaired) electrons. The van der Waals surface area contributed by atoms with Gasteiger partial charge in [-0.2, -0.15) is 0 Å². The van der Waals surface area contributed by atoms with Crippen molar-refractivity contribution >= 4 is 27.1 Å². The maximum atomic E-state index is 12.2. The Balaban J connectivity index is 2.38. The van der Waals surface area contributed by atoms with Crippen molar-refractivity contribution in [3.63, 3.8) is 0 Å². The SMILES string of the molecule is CCCc1cccc(Nc2ccc(S(=O)(=O)NC(C)C)cc2[N+](=O)[O-])c1. The summed E-state index contributed by atoms with van der Waals surface area (Å²) >= 11 is 0. The summed E-state index contributed by atoms with van der Waals surface area (Å²) in [7, 11) is -3.80. The van der Waals surface area contributed by atoms with Crippen LogP contribution in [0.15, 0.2) is 47.4 Å². The number of nitrogens with one attached hydrogen (secondary N) is 2. The van der Waals surface area contributed by atoms with E-state index in [0.29, 0.717) is 0 Å². The van der Waals surface area contributed by atoms with Crippen LogP contribution in [-0.4, -0.2) is 19.4 Å². The normalized spacial score (nSPS) is 11.5.